The Morgan fingerprint density at radius 2 is 0.701 bits per heavy atom. The summed E-state index contributed by atoms with van der Waals surface area (Å²) in [7, 11) is -5.01. The van der Waals surface area contributed by atoms with E-state index in [-0.39, 0.29) is 13.0 Å². The lowest BCUT2D eigenvalue weighted by atomic mass is 9.85. The third-order valence-electron chi connectivity index (χ3n) is 13.7. The summed E-state index contributed by atoms with van der Waals surface area (Å²) in [5.74, 6) is -0.468. The Kier molecular flexibility index (Phi) is 43.4. The topological polar surface area (TPSA) is 192 Å². The SMILES string of the molecule is CCCCCCCCCCCCCCCCCCCCCCCCCCCCCCC(=O)O[C@H](COCCCCCCCCCCCCCC)COP(=O)(O)OC1C(O)C(O)C(O)[C@@H](O)C1O. The van der Waals surface area contributed by atoms with Crippen LogP contribution in [0.15, 0.2) is 0 Å². The molecule has 0 spiro atoms. The highest BCUT2D eigenvalue weighted by atomic mass is 31.2. The molecular weight excluding hydrogens is 872 g/mol. The summed E-state index contributed by atoms with van der Waals surface area (Å²) in [5.41, 5.74) is 0. The summed E-state index contributed by atoms with van der Waals surface area (Å²) >= 11 is 0. The molecule has 6 N–H and O–H groups in total. The number of carbonyl (C=O) groups excluding carboxylic acids is 1. The number of aliphatic hydroxyl groups is 5. The standard InChI is InChI=1S/C54H107O12P/c1-3-5-7-9-11-13-15-17-18-19-20-21-22-23-24-25-26-27-28-29-30-31-32-33-35-37-39-41-43-48(55)65-47(45-63-44-42-40-38-36-34-16-14-12-10-8-6-4-2)46-64-67(61,62)66-54-52(59)50(57)49(56)51(58)53(54)60/h47,49-54,56-60H,3-46H2,1-2H3,(H,61,62)/t47-,49?,50-,51?,52?,53?,54?/m1/s1. The van der Waals surface area contributed by atoms with E-state index in [0.29, 0.717) is 13.0 Å². The van der Waals surface area contributed by atoms with E-state index in [1.54, 1.807) is 0 Å². The molecule has 0 aromatic rings. The highest BCUT2D eigenvalue weighted by Gasteiger charge is 2.51. The van der Waals surface area contributed by atoms with Crippen molar-refractivity contribution in [2.24, 2.45) is 0 Å². The second kappa shape index (κ2) is 45.2. The van der Waals surface area contributed by atoms with Gasteiger partial charge in [-0.1, -0.05) is 258 Å². The molecule has 0 saturated heterocycles. The molecule has 400 valence electrons. The van der Waals surface area contributed by atoms with Crippen molar-refractivity contribution in [1.82, 2.24) is 0 Å². The van der Waals surface area contributed by atoms with Crippen molar-refractivity contribution in [2.45, 2.75) is 320 Å². The highest BCUT2D eigenvalue weighted by Crippen LogP contribution is 2.47. The van der Waals surface area contributed by atoms with Crippen LogP contribution in [-0.2, 0) is 27.9 Å². The molecule has 6 unspecified atom stereocenters. The molecule has 1 aliphatic carbocycles. The van der Waals surface area contributed by atoms with Crippen molar-refractivity contribution in [2.75, 3.05) is 19.8 Å². The van der Waals surface area contributed by atoms with Crippen LogP contribution in [0.5, 0.6) is 0 Å². The first kappa shape index (κ1) is 64.4. The van der Waals surface area contributed by atoms with Gasteiger partial charge in [0.25, 0.3) is 0 Å². The van der Waals surface area contributed by atoms with Crippen LogP contribution in [0.25, 0.3) is 0 Å². The van der Waals surface area contributed by atoms with Gasteiger partial charge in [-0.25, -0.2) is 4.57 Å². The fraction of sp³-hybridized carbons (Fsp3) is 0.981. The van der Waals surface area contributed by atoms with E-state index in [1.165, 1.54) is 212 Å². The van der Waals surface area contributed by atoms with Gasteiger partial charge < -0.3 is 39.9 Å². The van der Waals surface area contributed by atoms with E-state index in [1.807, 2.05) is 0 Å². The summed E-state index contributed by atoms with van der Waals surface area (Å²) in [6, 6.07) is 0. The third kappa shape index (κ3) is 36.9. The minimum absolute atomic E-state index is 0.0678. The van der Waals surface area contributed by atoms with Gasteiger partial charge in [-0.2, -0.15) is 0 Å². The molecule has 12 nitrogen and oxygen atoms in total. The Balaban J connectivity index is 2.19. The number of hydrogen-bond acceptors (Lipinski definition) is 11. The predicted molar refractivity (Wildman–Crippen MR) is 272 cm³/mol. The van der Waals surface area contributed by atoms with Crippen LogP contribution in [0.1, 0.15) is 277 Å². The molecule has 0 aromatic carbocycles. The van der Waals surface area contributed by atoms with E-state index in [0.717, 1.165) is 38.5 Å². The first-order chi connectivity index (χ1) is 32.5. The molecule has 0 aliphatic heterocycles. The molecule has 0 radical (unpaired) electrons. The van der Waals surface area contributed by atoms with Crippen LogP contribution in [0.2, 0.25) is 0 Å². The Morgan fingerprint density at radius 1 is 0.418 bits per heavy atom. The number of carbonyl (C=O) groups is 1. The molecule has 1 fully saturated rings. The van der Waals surface area contributed by atoms with Gasteiger partial charge in [0.1, 0.15) is 42.7 Å². The lowest BCUT2D eigenvalue weighted by Crippen LogP contribution is -2.64. The van der Waals surface area contributed by atoms with Crippen molar-refractivity contribution >= 4 is 13.8 Å². The maximum absolute atomic E-state index is 12.8. The van der Waals surface area contributed by atoms with Crippen molar-refractivity contribution < 1.29 is 58.3 Å². The van der Waals surface area contributed by atoms with Crippen LogP contribution in [0, 0.1) is 0 Å². The summed E-state index contributed by atoms with van der Waals surface area (Å²) in [6.45, 7) is 4.32. The van der Waals surface area contributed by atoms with Gasteiger partial charge >= 0.3 is 13.8 Å². The zero-order valence-corrected chi connectivity index (χ0v) is 44.1. The van der Waals surface area contributed by atoms with Crippen LogP contribution >= 0.6 is 7.82 Å². The predicted octanol–water partition coefficient (Wildman–Crippen LogP) is 13.3. The molecule has 0 aromatic heterocycles. The lowest BCUT2D eigenvalue weighted by molar-refractivity contribution is -0.220. The maximum Gasteiger partial charge on any atom is 0.472 e. The molecular formula is C54H107O12P. The Bertz CT molecular complexity index is 1120. The van der Waals surface area contributed by atoms with Crippen molar-refractivity contribution in [1.29, 1.82) is 0 Å². The number of phosphoric acid groups is 1. The summed E-state index contributed by atoms with van der Waals surface area (Å²) in [4.78, 5) is 23.3. The molecule has 0 bridgehead atoms. The molecule has 0 amide bonds. The molecule has 1 rings (SSSR count). The fourth-order valence-corrected chi connectivity index (χ4v) is 10.2. The first-order valence-corrected chi connectivity index (χ1v) is 29.9. The fourth-order valence-electron chi connectivity index (χ4n) is 9.24. The van der Waals surface area contributed by atoms with Gasteiger partial charge in [-0.15, -0.1) is 0 Å². The van der Waals surface area contributed by atoms with Crippen LogP contribution < -0.4 is 0 Å². The molecule has 8 atom stereocenters. The molecule has 1 saturated carbocycles. The van der Waals surface area contributed by atoms with Gasteiger partial charge in [0.15, 0.2) is 0 Å². The Morgan fingerprint density at radius 3 is 1.03 bits per heavy atom. The average molecular weight is 979 g/mol. The zero-order chi connectivity index (χ0) is 49.1. The number of phosphoric ester groups is 1. The minimum atomic E-state index is -5.01. The molecule has 1 aliphatic rings. The van der Waals surface area contributed by atoms with Crippen molar-refractivity contribution in [3.63, 3.8) is 0 Å². The van der Waals surface area contributed by atoms with Gasteiger partial charge in [-0.05, 0) is 12.8 Å². The van der Waals surface area contributed by atoms with E-state index < -0.39 is 63.1 Å². The quantitative estimate of drug-likeness (QED) is 0.0192. The number of rotatable bonds is 50. The third-order valence-corrected chi connectivity index (χ3v) is 14.7. The second-order valence-corrected chi connectivity index (χ2v) is 21.6. The molecule has 67 heavy (non-hydrogen) atoms. The number of unbranched alkanes of at least 4 members (excludes halogenated alkanes) is 38. The van der Waals surface area contributed by atoms with Crippen LogP contribution in [-0.4, -0.2) is 98.9 Å². The number of hydrogen-bond donors (Lipinski definition) is 6. The monoisotopic (exact) mass is 979 g/mol. The Hall–Kier alpha value is -0.660. The van der Waals surface area contributed by atoms with E-state index in [9.17, 15) is 39.8 Å². The number of ether oxygens (including phenoxy) is 2. The largest absolute Gasteiger partial charge is 0.472 e. The molecule has 0 heterocycles. The maximum atomic E-state index is 12.8. The minimum Gasteiger partial charge on any atom is -0.457 e. The van der Waals surface area contributed by atoms with Crippen LogP contribution in [0.3, 0.4) is 0 Å². The zero-order valence-electron chi connectivity index (χ0n) is 43.2. The smallest absolute Gasteiger partial charge is 0.457 e. The summed E-state index contributed by atoms with van der Waals surface area (Å²) in [5, 5.41) is 50.3. The van der Waals surface area contributed by atoms with Crippen molar-refractivity contribution in [3.05, 3.63) is 0 Å². The summed E-state index contributed by atoms with van der Waals surface area (Å²) < 4.78 is 34.3. The number of esters is 1. The van der Waals surface area contributed by atoms with E-state index in [2.05, 4.69) is 13.8 Å². The first-order valence-electron chi connectivity index (χ1n) is 28.4. The van der Waals surface area contributed by atoms with Crippen LogP contribution in [0.4, 0.5) is 0 Å². The lowest BCUT2D eigenvalue weighted by Gasteiger charge is -2.41. The second-order valence-electron chi connectivity index (χ2n) is 20.2. The summed E-state index contributed by atoms with van der Waals surface area (Å²) in [6.07, 6.45) is 39.1. The van der Waals surface area contributed by atoms with Gasteiger partial charge in [-0.3, -0.25) is 13.8 Å². The van der Waals surface area contributed by atoms with Crippen molar-refractivity contribution in [3.8, 4) is 0 Å². The highest BCUT2D eigenvalue weighted by molar-refractivity contribution is 7.47. The number of aliphatic hydroxyl groups excluding tert-OH is 5. The van der Waals surface area contributed by atoms with Gasteiger partial charge in [0, 0.05) is 13.0 Å². The van der Waals surface area contributed by atoms with E-state index in [4.69, 9.17) is 18.5 Å². The van der Waals surface area contributed by atoms with Gasteiger partial charge in [0.2, 0.25) is 0 Å². The Labute approximate surface area is 410 Å². The normalized spacial score (nSPS) is 21.1. The van der Waals surface area contributed by atoms with Gasteiger partial charge in [0.05, 0.1) is 13.2 Å². The average Bonchev–Trinajstić information content (AvgIpc) is 3.31. The van der Waals surface area contributed by atoms with E-state index >= 15 is 0 Å². The molecule has 13 heteroatoms.